The maximum atomic E-state index is 10.7. The molecule has 5 nitrogen and oxygen atoms in total. The van der Waals surface area contributed by atoms with Gasteiger partial charge in [0.15, 0.2) is 9.35 Å². The SMILES string of the molecule is O=C(O)Cc1ccc(CSc2nnc(-c3ccccn3)s2)cc1. The maximum absolute atomic E-state index is 10.7. The summed E-state index contributed by atoms with van der Waals surface area (Å²) in [5.41, 5.74) is 2.76. The summed E-state index contributed by atoms with van der Waals surface area (Å²) < 4.78 is 0.889. The van der Waals surface area contributed by atoms with Gasteiger partial charge in [-0.2, -0.15) is 0 Å². The number of pyridine rings is 1. The molecule has 3 rings (SSSR count). The third-order valence-corrected chi connectivity index (χ3v) is 5.18. The molecule has 0 fully saturated rings. The van der Waals surface area contributed by atoms with E-state index in [0.717, 1.165) is 31.9 Å². The number of carbonyl (C=O) groups is 1. The largest absolute Gasteiger partial charge is 0.481 e. The summed E-state index contributed by atoms with van der Waals surface area (Å²) in [6.45, 7) is 0. The fourth-order valence-electron chi connectivity index (χ4n) is 1.93. The van der Waals surface area contributed by atoms with Crippen molar-refractivity contribution in [2.24, 2.45) is 0 Å². The molecule has 0 unspecified atom stereocenters. The molecule has 0 amide bonds. The van der Waals surface area contributed by atoms with Gasteiger partial charge in [0.05, 0.1) is 6.42 Å². The zero-order chi connectivity index (χ0) is 16.1. The van der Waals surface area contributed by atoms with Gasteiger partial charge in [-0.05, 0) is 23.3 Å². The minimum absolute atomic E-state index is 0.0528. The molecule has 0 aliphatic rings. The second-order valence-electron chi connectivity index (χ2n) is 4.76. The summed E-state index contributed by atoms with van der Waals surface area (Å²) in [5, 5.41) is 17.9. The van der Waals surface area contributed by atoms with Gasteiger partial charge in [0.2, 0.25) is 0 Å². The van der Waals surface area contributed by atoms with Crippen molar-refractivity contribution < 1.29 is 9.90 Å². The number of carboxylic acid groups (broad SMARTS) is 1. The molecule has 0 spiro atoms. The first-order chi connectivity index (χ1) is 11.2. The fourth-order valence-corrected chi connectivity index (χ4v) is 3.72. The Hall–Kier alpha value is -2.25. The van der Waals surface area contributed by atoms with E-state index in [4.69, 9.17) is 5.11 Å². The Morgan fingerprint density at radius 3 is 2.57 bits per heavy atom. The lowest BCUT2D eigenvalue weighted by molar-refractivity contribution is -0.136. The molecule has 0 radical (unpaired) electrons. The second-order valence-corrected chi connectivity index (χ2v) is 6.96. The van der Waals surface area contributed by atoms with Crippen LogP contribution in [0.4, 0.5) is 0 Å². The highest BCUT2D eigenvalue weighted by atomic mass is 32.2. The number of thioether (sulfide) groups is 1. The number of hydrogen-bond donors (Lipinski definition) is 1. The first-order valence-electron chi connectivity index (χ1n) is 6.88. The van der Waals surface area contributed by atoms with Gasteiger partial charge in [-0.1, -0.05) is 53.4 Å². The van der Waals surface area contributed by atoms with Crippen LogP contribution in [0.1, 0.15) is 11.1 Å². The van der Waals surface area contributed by atoms with Crippen LogP contribution in [0.3, 0.4) is 0 Å². The summed E-state index contributed by atoms with van der Waals surface area (Å²) >= 11 is 3.13. The molecule has 0 saturated heterocycles. The molecular formula is C16H13N3O2S2. The van der Waals surface area contributed by atoms with Crippen LogP contribution in [-0.2, 0) is 17.0 Å². The highest BCUT2D eigenvalue weighted by Crippen LogP contribution is 2.30. The molecule has 2 heterocycles. The van der Waals surface area contributed by atoms with Gasteiger partial charge in [0.25, 0.3) is 0 Å². The quantitative estimate of drug-likeness (QED) is 0.690. The van der Waals surface area contributed by atoms with Gasteiger partial charge in [0, 0.05) is 11.9 Å². The first-order valence-corrected chi connectivity index (χ1v) is 8.68. The van der Waals surface area contributed by atoms with Crippen LogP contribution in [0.2, 0.25) is 0 Å². The fraction of sp³-hybridized carbons (Fsp3) is 0.125. The average molecular weight is 343 g/mol. The molecule has 116 valence electrons. The standard InChI is InChI=1S/C16H13N3O2S2/c20-14(21)9-11-4-6-12(7-5-11)10-22-16-19-18-15(23-16)13-3-1-2-8-17-13/h1-8H,9-10H2,(H,20,21). The van der Waals surface area contributed by atoms with Gasteiger partial charge < -0.3 is 5.11 Å². The Kier molecular flexibility index (Phi) is 4.99. The number of aliphatic carboxylic acids is 1. The number of carboxylic acids is 1. The van der Waals surface area contributed by atoms with E-state index in [9.17, 15) is 4.79 Å². The molecule has 7 heteroatoms. The summed E-state index contributed by atoms with van der Waals surface area (Å²) in [7, 11) is 0. The van der Waals surface area contributed by atoms with E-state index in [-0.39, 0.29) is 6.42 Å². The molecule has 23 heavy (non-hydrogen) atoms. The van der Waals surface area contributed by atoms with Gasteiger partial charge in [-0.25, -0.2) is 0 Å². The van der Waals surface area contributed by atoms with E-state index in [0.29, 0.717) is 0 Å². The third-order valence-electron chi connectivity index (χ3n) is 3.03. The van der Waals surface area contributed by atoms with E-state index >= 15 is 0 Å². The number of nitrogens with zero attached hydrogens (tertiary/aromatic N) is 3. The molecule has 0 aliphatic heterocycles. The Labute approximate surface area is 141 Å². The summed E-state index contributed by atoms with van der Waals surface area (Å²) in [6, 6.07) is 13.3. The van der Waals surface area contributed by atoms with Crippen LogP contribution in [0.5, 0.6) is 0 Å². The summed E-state index contributed by atoms with van der Waals surface area (Å²) in [6.07, 6.45) is 1.79. The predicted octanol–water partition coefficient (Wildman–Crippen LogP) is 3.52. The van der Waals surface area contributed by atoms with Crippen molar-refractivity contribution in [1.82, 2.24) is 15.2 Å². The van der Waals surface area contributed by atoms with Crippen LogP contribution in [0.25, 0.3) is 10.7 Å². The zero-order valence-electron chi connectivity index (χ0n) is 12.0. The van der Waals surface area contributed by atoms with E-state index in [2.05, 4.69) is 15.2 Å². The number of aromatic nitrogens is 3. The van der Waals surface area contributed by atoms with Crippen molar-refractivity contribution in [2.45, 2.75) is 16.5 Å². The Morgan fingerprint density at radius 2 is 1.87 bits per heavy atom. The van der Waals surface area contributed by atoms with Crippen molar-refractivity contribution in [3.8, 4) is 10.7 Å². The van der Waals surface area contributed by atoms with E-state index in [1.54, 1.807) is 18.0 Å². The van der Waals surface area contributed by atoms with Gasteiger partial charge in [-0.15, -0.1) is 10.2 Å². The van der Waals surface area contributed by atoms with Crippen LogP contribution >= 0.6 is 23.1 Å². The van der Waals surface area contributed by atoms with E-state index in [1.165, 1.54) is 11.3 Å². The van der Waals surface area contributed by atoms with Crippen molar-refractivity contribution in [3.63, 3.8) is 0 Å². The lowest BCUT2D eigenvalue weighted by Crippen LogP contribution is -1.99. The summed E-state index contributed by atoms with van der Waals surface area (Å²) in [4.78, 5) is 14.9. The van der Waals surface area contributed by atoms with E-state index in [1.807, 2.05) is 42.5 Å². The van der Waals surface area contributed by atoms with Crippen LogP contribution in [-0.4, -0.2) is 26.3 Å². The molecule has 2 aromatic heterocycles. The minimum atomic E-state index is -0.817. The van der Waals surface area contributed by atoms with Gasteiger partial charge in [0.1, 0.15) is 5.69 Å². The number of benzene rings is 1. The van der Waals surface area contributed by atoms with Crippen molar-refractivity contribution in [3.05, 3.63) is 59.8 Å². The van der Waals surface area contributed by atoms with Crippen LogP contribution in [0.15, 0.2) is 53.0 Å². The van der Waals surface area contributed by atoms with Gasteiger partial charge in [-0.3, -0.25) is 9.78 Å². The van der Waals surface area contributed by atoms with Crippen molar-refractivity contribution in [1.29, 1.82) is 0 Å². The molecule has 1 N–H and O–H groups in total. The lowest BCUT2D eigenvalue weighted by Gasteiger charge is -2.01. The molecule has 0 atom stereocenters. The van der Waals surface area contributed by atoms with E-state index < -0.39 is 5.97 Å². The normalized spacial score (nSPS) is 10.6. The third kappa shape index (κ3) is 4.37. The smallest absolute Gasteiger partial charge is 0.307 e. The average Bonchev–Trinajstić information content (AvgIpc) is 3.04. The first kappa shape index (κ1) is 15.6. The van der Waals surface area contributed by atoms with Crippen molar-refractivity contribution in [2.75, 3.05) is 0 Å². The molecule has 0 aliphatic carbocycles. The zero-order valence-corrected chi connectivity index (χ0v) is 13.7. The van der Waals surface area contributed by atoms with Crippen LogP contribution < -0.4 is 0 Å². The molecule has 0 bridgehead atoms. The van der Waals surface area contributed by atoms with Crippen LogP contribution in [0, 0.1) is 0 Å². The monoisotopic (exact) mass is 343 g/mol. The second kappa shape index (κ2) is 7.34. The molecule has 0 saturated carbocycles. The van der Waals surface area contributed by atoms with Crippen molar-refractivity contribution >= 4 is 29.1 Å². The highest BCUT2D eigenvalue weighted by Gasteiger charge is 2.08. The Morgan fingerprint density at radius 1 is 1.09 bits per heavy atom. The molecule has 3 aromatic rings. The topological polar surface area (TPSA) is 76.0 Å². The molecule has 1 aromatic carbocycles. The lowest BCUT2D eigenvalue weighted by atomic mass is 10.1. The predicted molar refractivity (Wildman–Crippen MR) is 90.5 cm³/mol. The van der Waals surface area contributed by atoms with Gasteiger partial charge >= 0.3 is 5.97 Å². The maximum Gasteiger partial charge on any atom is 0.307 e. The number of rotatable bonds is 6. The highest BCUT2D eigenvalue weighted by molar-refractivity contribution is 8.00. The molecular weight excluding hydrogens is 330 g/mol. The Balaban J connectivity index is 1.60. The summed E-state index contributed by atoms with van der Waals surface area (Å²) in [5.74, 6) is -0.0486. The minimum Gasteiger partial charge on any atom is -0.481 e. The number of hydrogen-bond acceptors (Lipinski definition) is 6. The Bertz CT molecular complexity index is 789.